The van der Waals surface area contributed by atoms with Gasteiger partial charge >= 0.3 is 0 Å². The van der Waals surface area contributed by atoms with Gasteiger partial charge < -0.3 is 10.3 Å². The molecule has 0 spiro atoms. The summed E-state index contributed by atoms with van der Waals surface area (Å²) in [6, 6.07) is 8.62. The summed E-state index contributed by atoms with van der Waals surface area (Å²) < 4.78 is 0. The quantitative estimate of drug-likeness (QED) is 0.658. The van der Waals surface area contributed by atoms with Gasteiger partial charge in [0.2, 0.25) is 0 Å². The molecule has 2 heterocycles. The van der Waals surface area contributed by atoms with Crippen LogP contribution in [0.25, 0.3) is 0 Å². The molecule has 20 heavy (non-hydrogen) atoms. The molecule has 3 rings (SSSR count). The van der Waals surface area contributed by atoms with Crippen molar-refractivity contribution in [3.8, 4) is 0 Å². The Labute approximate surface area is 121 Å². The average molecular weight is 272 g/mol. The lowest BCUT2D eigenvalue weighted by Gasteiger charge is -2.42. The molecule has 0 saturated carbocycles. The van der Waals surface area contributed by atoms with Crippen LogP contribution in [0.15, 0.2) is 35.9 Å². The number of hydrogen-bond donors (Lipinski definition) is 1. The largest absolute Gasteiger partial charge is 0.633 e. The van der Waals surface area contributed by atoms with Crippen molar-refractivity contribution in [2.24, 2.45) is 0 Å². The van der Waals surface area contributed by atoms with Gasteiger partial charge in [-0.2, -0.15) is 0 Å². The minimum Gasteiger partial charge on any atom is -0.633 e. The monoisotopic (exact) mass is 272 g/mol. The van der Waals surface area contributed by atoms with Crippen molar-refractivity contribution in [1.82, 2.24) is 4.90 Å². The van der Waals surface area contributed by atoms with Gasteiger partial charge in [-0.3, -0.25) is 4.90 Å². The summed E-state index contributed by atoms with van der Waals surface area (Å²) in [5.41, 5.74) is 3.49. The van der Waals surface area contributed by atoms with Crippen molar-refractivity contribution in [2.45, 2.75) is 51.9 Å². The summed E-state index contributed by atoms with van der Waals surface area (Å²) in [4.78, 5) is 2.44. The van der Waals surface area contributed by atoms with Crippen LogP contribution in [0.2, 0.25) is 0 Å². The molecule has 1 aromatic carbocycles. The predicted octanol–water partition coefficient (Wildman–Crippen LogP) is 1.88. The van der Waals surface area contributed by atoms with E-state index in [1.807, 2.05) is 13.8 Å². The van der Waals surface area contributed by atoms with Crippen molar-refractivity contribution in [2.75, 3.05) is 6.54 Å². The molecule has 1 N–H and O–H groups in total. The Morgan fingerprint density at radius 1 is 1.10 bits per heavy atom. The van der Waals surface area contributed by atoms with Gasteiger partial charge in [-0.05, 0) is 44.9 Å². The van der Waals surface area contributed by atoms with Crippen LogP contribution in [0.1, 0.15) is 38.8 Å². The smallest absolute Gasteiger partial charge is 0.115 e. The SMILES string of the molecule is CC1(C)C=C(CN2Cc3ccccc3C2)C(C)(C)[NH+]1[O-]. The molecule has 3 nitrogen and oxygen atoms in total. The lowest BCUT2D eigenvalue weighted by atomic mass is 9.96. The highest BCUT2D eigenvalue weighted by molar-refractivity contribution is 5.32. The fourth-order valence-corrected chi connectivity index (χ4v) is 3.63. The number of fused-ring (bicyclic) bond motifs is 1. The number of benzene rings is 1. The summed E-state index contributed by atoms with van der Waals surface area (Å²) in [6.07, 6.45) is 2.19. The Morgan fingerprint density at radius 3 is 2.10 bits per heavy atom. The zero-order valence-corrected chi connectivity index (χ0v) is 12.9. The van der Waals surface area contributed by atoms with Crippen LogP contribution in [0.5, 0.6) is 0 Å². The summed E-state index contributed by atoms with van der Waals surface area (Å²) in [7, 11) is 0. The van der Waals surface area contributed by atoms with Gasteiger partial charge in [-0.25, -0.2) is 0 Å². The molecule has 1 atom stereocenters. The zero-order chi connectivity index (χ0) is 14.5. The number of nitrogens with one attached hydrogen (secondary N) is 1. The maximum atomic E-state index is 12.5. The Balaban J connectivity index is 1.77. The summed E-state index contributed by atoms with van der Waals surface area (Å²) in [5, 5.41) is 12.8. The van der Waals surface area contributed by atoms with Crippen molar-refractivity contribution < 1.29 is 5.06 Å². The first-order valence-electron chi connectivity index (χ1n) is 7.37. The van der Waals surface area contributed by atoms with E-state index in [4.69, 9.17) is 0 Å². The highest BCUT2D eigenvalue weighted by Gasteiger charge is 2.45. The van der Waals surface area contributed by atoms with E-state index in [0.717, 1.165) is 19.6 Å². The van der Waals surface area contributed by atoms with Gasteiger partial charge in [-0.1, -0.05) is 24.3 Å². The van der Waals surface area contributed by atoms with E-state index in [9.17, 15) is 5.21 Å². The van der Waals surface area contributed by atoms with E-state index >= 15 is 0 Å². The Bertz CT molecular complexity index is 535. The number of hydrogen-bond acceptors (Lipinski definition) is 2. The molecule has 0 saturated heterocycles. The molecule has 2 aliphatic rings. The molecular weight excluding hydrogens is 248 g/mol. The first-order chi connectivity index (χ1) is 9.30. The van der Waals surface area contributed by atoms with Gasteiger partial charge in [0.1, 0.15) is 11.1 Å². The fourth-order valence-electron chi connectivity index (χ4n) is 3.63. The molecule has 0 aromatic heterocycles. The van der Waals surface area contributed by atoms with Crippen LogP contribution in [0.3, 0.4) is 0 Å². The van der Waals surface area contributed by atoms with Crippen molar-refractivity contribution in [3.05, 3.63) is 52.2 Å². The van der Waals surface area contributed by atoms with E-state index in [1.165, 1.54) is 16.7 Å². The highest BCUT2D eigenvalue weighted by atomic mass is 16.5. The minimum atomic E-state index is -0.321. The van der Waals surface area contributed by atoms with Crippen LogP contribution in [0, 0.1) is 5.21 Å². The maximum absolute atomic E-state index is 12.5. The molecule has 3 heteroatoms. The molecule has 0 fully saturated rings. The topological polar surface area (TPSA) is 30.7 Å². The lowest BCUT2D eigenvalue weighted by Crippen LogP contribution is -3.20. The first kappa shape index (κ1) is 13.8. The molecule has 0 bridgehead atoms. The number of hydroxylamine groups is 2. The van der Waals surface area contributed by atoms with Gasteiger partial charge in [0, 0.05) is 25.2 Å². The molecule has 1 aromatic rings. The summed E-state index contributed by atoms with van der Waals surface area (Å²) >= 11 is 0. The van der Waals surface area contributed by atoms with Crippen LogP contribution in [-0.2, 0) is 13.1 Å². The Morgan fingerprint density at radius 2 is 1.65 bits per heavy atom. The van der Waals surface area contributed by atoms with Gasteiger partial charge in [0.05, 0.1) is 0 Å². The predicted molar refractivity (Wildman–Crippen MR) is 81.1 cm³/mol. The molecule has 2 aliphatic heterocycles. The molecule has 0 amide bonds. The molecule has 1 unspecified atom stereocenters. The third kappa shape index (κ3) is 2.10. The fraction of sp³-hybridized carbons (Fsp3) is 0.529. The van der Waals surface area contributed by atoms with Gasteiger partial charge in [-0.15, -0.1) is 0 Å². The van der Waals surface area contributed by atoms with Crippen LogP contribution < -0.4 is 5.06 Å². The normalized spacial score (nSPS) is 27.4. The second-order valence-corrected chi connectivity index (χ2v) is 7.26. The standard InChI is InChI=1S/C17H24N2O/c1-16(2)9-15(17(3,4)19(16)20)12-18-10-13-7-5-6-8-14(13)11-18/h5-9,19H,10-12H2,1-4H3. The minimum absolute atomic E-state index is 0.314. The lowest BCUT2D eigenvalue weighted by molar-refractivity contribution is -0.927. The maximum Gasteiger partial charge on any atom is 0.115 e. The van der Waals surface area contributed by atoms with Crippen LogP contribution in [0.4, 0.5) is 0 Å². The van der Waals surface area contributed by atoms with E-state index < -0.39 is 0 Å². The zero-order valence-electron chi connectivity index (χ0n) is 12.9. The molecule has 0 radical (unpaired) electrons. The highest BCUT2D eigenvalue weighted by Crippen LogP contribution is 2.29. The molecule has 0 aliphatic carbocycles. The third-order valence-electron chi connectivity index (χ3n) is 4.79. The van der Waals surface area contributed by atoms with Crippen molar-refractivity contribution in [3.63, 3.8) is 0 Å². The Hall–Kier alpha value is -1.16. The van der Waals surface area contributed by atoms with Crippen LogP contribution in [-0.4, -0.2) is 22.5 Å². The Kier molecular flexibility index (Phi) is 3.05. The average Bonchev–Trinajstić information content (AvgIpc) is 2.84. The van der Waals surface area contributed by atoms with Gasteiger partial charge in [0.15, 0.2) is 0 Å². The van der Waals surface area contributed by atoms with E-state index in [-0.39, 0.29) is 11.1 Å². The number of quaternary nitrogens is 1. The second kappa shape index (κ2) is 4.42. The van der Waals surface area contributed by atoms with E-state index in [2.05, 4.69) is 49.1 Å². The van der Waals surface area contributed by atoms with Crippen molar-refractivity contribution >= 4 is 0 Å². The third-order valence-corrected chi connectivity index (χ3v) is 4.79. The molecular formula is C17H24N2O. The second-order valence-electron chi connectivity index (χ2n) is 7.26. The summed E-state index contributed by atoms with van der Waals surface area (Å²) in [6.45, 7) is 11.1. The molecule has 108 valence electrons. The number of rotatable bonds is 2. The van der Waals surface area contributed by atoms with Crippen LogP contribution >= 0.6 is 0 Å². The first-order valence-corrected chi connectivity index (χ1v) is 7.37. The number of nitrogens with zero attached hydrogens (tertiary/aromatic N) is 1. The van der Waals surface area contributed by atoms with E-state index in [0.29, 0.717) is 5.06 Å². The van der Waals surface area contributed by atoms with E-state index in [1.54, 1.807) is 0 Å². The van der Waals surface area contributed by atoms with Crippen molar-refractivity contribution in [1.29, 1.82) is 0 Å². The summed E-state index contributed by atoms with van der Waals surface area (Å²) in [5.74, 6) is 0. The van der Waals surface area contributed by atoms with Gasteiger partial charge in [0.25, 0.3) is 0 Å².